The normalized spacial score (nSPS) is 15.4. The second-order valence-corrected chi connectivity index (χ2v) is 5.41. The van der Waals surface area contributed by atoms with Gasteiger partial charge in [-0.2, -0.15) is 0 Å². The van der Waals surface area contributed by atoms with Crippen molar-refractivity contribution in [2.75, 3.05) is 6.54 Å². The van der Waals surface area contributed by atoms with E-state index >= 15 is 0 Å². The summed E-state index contributed by atoms with van der Waals surface area (Å²) in [4.78, 5) is 18.9. The maximum atomic E-state index is 12.6. The minimum Gasteiger partial charge on any atom is -0.393 e. The number of pyridine rings is 1. The van der Waals surface area contributed by atoms with E-state index in [0.717, 1.165) is 12.8 Å². The minimum atomic E-state index is 0.0607. The van der Waals surface area contributed by atoms with Crippen LogP contribution >= 0.6 is 12.2 Å². The molecule has 0 spiro atoms. The summed E-state index contributed by atoms with van der Waals surface area (Å²) in [5.41, 5.74) is 6.25. The van der Waals surface area contributed by atoms with E-state index in [9.17, 15) is 4.79 Å². The molecule has 0 aliphatic heterocycles. The van der Waals surface area contributed by atoms with Crippen molar-refractivity contribution in [2.24, 2.45) is 5.73 Å². The summed E-state index contributed by atoms with van der Waals surface area (Å²) < 4.78 is 0. The smallest absolute Gasteiger partial charge is 0.254 e. The molecule has 19 heavy (non-hydrogen) atoms. The van der Waals surface area contributed by atoms with Crippen molar-refractivity contribution in [3.8, 4) is 0 Å². The van der Waals surface area contributed by atoms with Crippen LogP contribution < -0.4 is 5.73 Å². The van der Waals surface area contributed by atoms with Crippen LogP contribution in [-0.2, 0) is 0 Å². The molecule has 0 aromatic carbocycles. The molecule has 1 fully saturated rings. The van der Waals surface area contributed by atoms with Crippen molar-refractivity contribution in [3.05, 3.63) is 30.1 Å². The Labute approximate surface area is 119 Å². The van der Waals surface area contributed by atoms with Crippen molar-refractivity contribution in [1.82, 2.24) is 9.88 Å². The van der Waals surface area contributed by atoms with Gasteiger partial charge in [0.1, 0.15) is 0 Å². The summed E-state index contributed by atoms with van der Waals surface area (Å²) >= 11 is 4.92. The molecule has 5 heteroatoms. The van der Waals surface area contributed by atoms with E-state index in [4.69, 9.17) is 18.0 Å². The summed E-state index contributed by atoms with van der Waals surface area (Å²) in [6.45, 7) is 0.612. The Balaban J connectivity index is 2.11. The topological polar surface area (TPSA) is 59.2 Å². The fourth-order valence-electron chi connectivity index (χ4n) is 2.56. The number of amides is 1. The molecule has 1 aliphatic carbocycles. The lowest BCUT2D eigenvalue weighted by molar-refractivity contribution is 0.0687. The lowest BCUT2D eigenvalue weighted by atomic mass is 10.1. The van der Waals surface area contributed by atoms with Gasteiger partial charge >= 0.3 is 0 Å². The zero-order chi connectivity index (χ0) is 13.7. The predicted octanol–water partition coefficient (Wildman–Crippen LogP) is 2.14. The largest absolute Gasteiger partial charge is 0.393 e. The van der Waals surface area contributed by atoms with Gasteiger partial charge in [0, 0.05) is 37.0 Å². The third-order valence-corrected chi connectivity index (χ3v) is 3.76. The average molecular weight is 277 g/mol. The van der Waals surface area contributed by atoms with Crippen LogP contribution in [0.5, 0.6) is 0 Å². The van der Waals surface area contributed by atoms with E-state index in [1.807, 2.05) is 4.90 Å². The van der Waals surface area contributed by atoms with Gasteiger partial charge in [-0.15, -0.1) is 0 Å². The van der Waals surface area contributed by atoms with E-state index in [2.05, 4.69) is 4.98 Å². The molecule has 0 unspecified atom stereocenters. The molecule has 1 aliphatic rings. The maximum absolute atomic E-state index is 12.6. The second kappa shape index (κ2) is 6.61. The van der Waals surface area contributed by atoms with E-state index in [0.29, 0.717) is 29.6 Å². The third kappa shape index (κ3) is 3.73. The van der Waals surface area contributed by atoms with Crippen LogP contribution in [0.25, 0.3) is 0 Å². The lowest BCUT2D eigenvalue weighted by Gasteiger charge is -2.29. The third-order valence-electron chi connectivity index (χ3n) is 3.55. The van der Waals surface area contributed by atoms with Crippen molar-refractivity contribution in [2.45, 2.75) is 38.1 Å². The van der Waals surface area contributed by atoms with E-state index in [-0.39, 0.29) is 5.91 Å². The molecule has 0 radical (unpaired) electrons. The first-order valence-corrected chi connectivity index (χ1v) is 7.08. The quantitative estimate of drug-likeness (QED) is 0.838. The standard InChI is InChI=1S/C14H19N3OS/c15-13(19)7-10-17(12-3-1-2-4-12)14(18)11-5-8-16-9-6-11/h5-6,8-9,12H,1-4,7,10H2,(H2,15,19). The highest BCUT2D eigenvalue weighted by molar-refractivity contribution is 7.80. The summed E-state index contributed by atoms with van der Waals surface area (Å²) in [6.07, 6.45) is 8.42. The first-order valence-electron chi connectivity index (χ1n) is 6.68. The van der Waals surface area contributed by atoms with Crippen LogP contribution in [0, 0.1) is 0 Å². The van der Waals surface area contributed by atoms with Crippen LogP contribution in [0.4, 0.5) is 0 Å². The van der Waals surface area contributed by atoms with E-state index in [1.165, 1.54) is 12.8 Å². The molecule has 4 nitrogen and oxygen atoms in total. The average Bonchev–Trinajstić information content (AvgIpc) is 2.93. The van der Waals surface area contributed by atoms with Gasteiger partial charge in [-0.05, 0) is 25.0 Å². The molecule has 1 aromatic heterocycles. The Morgan fingerprint density at radius 3 is 2.58 bits per heavy atom. The van der Waals surface area contributed by atoms with Crippen LogP contribution in [0.1, 0.15) is 42.5 Å². The number of hydrogen-bond donors (Lipinski definition) is 1. The molecule has 2 N–H and O–H groups in total. The molecule has 2 rings (SSSR count). The lowest BCUT2D eigenvalue weighted by Crippen LogP contribution is -2.40. The molecule has 1 aromatic rings. The van der Waals surface area contributed by atoms with Crippen molar-refractivity contribution in [3.63, 3.8) is 0 Å². The van der Waals surface area contributed by atoms with Gasteiger partial charge in [-0.1, -0.05) is 25.1 Å². The zero-order valence-electron chi connectivity index (χ0n) is 10.9. The molecular formula is C14H19N3OS. The van der Waals surface area contributed by atoms with Crippen LogP contribution in [0.3, 0.4) is 0 Å². The van der Waals surface area contributed by atoms with Crippen LogP contribution in [0.15, 0.2) is 24.5 Å². The molecule has 1 amide bonds. The fraction of sp³-hybridized carbons (Fsp3) is 0.500. The predicted molar refractivity (Wildman–Crippen MR) is 78.9 cm³/mol. The number of carbonyl (C=O) groups excluding carboxylic acids is 1. The van der Waals surface area contributed by atoms with Gasteiger partial charge in [0.2, 0.25) is 0 Å². The Morgan fingerprint density at radius 1 is 1.37 bits per heavy atom. The van der Waals surface area contributed by atoms with Gasteiger partial charge < -0.3 is 10.6 Å². The highest BCUT2D eigenvalue weighted by Gasteiger charge is 2.27. The number of hydrogen-bond acceptors (Lipinski definition) is 3. The molecule has 102 valence electrons. The second-order valence-electron chi connectivity index (χ2n) is 4.89. The Kier molecular flexibility index (Phi) is 4.85. The van der Waals surface area contributed by atoms with Crippen LogP contribution in [0.2, 0.25) is 0 Å². The highest BCUT2D eigenvalue weighted by Crippen LogP contribution is 2.25. The number of nitrogens with zero attached hydrogens (tertiary/aromatic N) is 2. The highest BCUT2D eigenvalue weighted by atomic mass is 32.1. The number of rotatable bonds is 5. The molecule has 0 bridgehead atoms. The van der Waals surface area contributed by atoms with Crippen molar-refractivity contribution >= 4 is 23.1 Å². The van der Waals surface area contributed by atoms with E-state index < -0.39 is 0 Å². The molecule has 0 atom stereocenters. The molecule has 1 heterocycles. The van der Waals surface area contributed by atoms with Crippen molar-refractivity contribution in [1.29, 1.82) is 0 Å². The Hall–Kier alpha value is -1.49. The molecule has 1 saturated carbocycles. The first kappa shape index (κ1) is 13.9. The van der Waals surface area contributed by atoms with Gasteiger partial charge in [0.15, 0.2) is 0 Å². The Morgan fingerprint density at radius 2 is 2.00 bits per heavy atom. The number of thiocarbonyl (C=S) groups is 1. The summed E-state index contributed by atoms with van der Waals surface area (Å²) in [5, 5.41) is 0. The summed E-state index contributed by atoms with van der Waals surface area (Å²) in [7, 11) is 0. The van der Waals surface area contributed by atoms with Gasteiger partial charge in [0.05, 0.1) is 4.99 Å². The number of nitrogens with two attached hydrogens (primary N) is 1. The van der Waals surface area contributed by atoms with Crippen molar-refractivity contribution < 1.29 is 4.79 Å². The van der Waals surface area contributed by atoms with Crippen LogP contribution in [-0.4, -0.2) is 33.4 Å². The number of aromatic nitrogens is 1. The monoisotopic (exact) mass is 277 g/mol. The Bertz CT molecular complexity index is 443. The zero-order valence-corrected chi connectivity index (χ0v) is 11.7. The van der Waals surface area contributed by atoms with E-state index in [1.54, 1.807) is 24.5 Å². The molecule has 0 saturated heterocycles. The SMILES string of the molecule is NC(=S)CCN(C(=O)c1ccncc1)C1CCCC1. The number of carbonyl (C=O) groups is 1. The minimum absolute atomic E-state index is 0.0607. The first-order chi connectivity index (χ1) is 9.18. The maximum Gasteiger partial charge on any atom is 0.254 e. The van der Waals surface area contributed by atoms with Gasteiger partial charge in [-0.3, -0.25) is 9.78 Å². The van der Waals surface area contributed by atoms with Gasteiger partial charge in [0.25, 0.3) is 5.91 Å². The summed E-state index contributed by atoms with van der Waals surface area (Å²) in [5.74, 6) is 0.0607. The fourth-order valence-corrected chi connectivity index (χ4v) is 2.65. The molecular weight excluding hydrogens is 258 g/mol. The van der Waals surface area contributed by atoms with Gasteiger partial charge in [-0.25, -0.2) is 0 Å². The summed E-state index contributed by atoms with van der Waals surface area (Å²) in [6, 6.07) is 3.84.